The Morgan fingerprint density at radius 3 is 2.94 bits per heavy atom. The highest BCUT2D eigenvalue weighted by molar-refractivity contribution is 8.00. The summed E-state index contributed by atoms with van der Waals surface area (Å²) >= 11 is 1.48. The van der Waals surface area contributed by atoms with Gasteiger partial charge in [0.15, 0.2) is 0 Å². The highest BCUT2D eigenvalue weighted by Crippen LogP contribution is 2.32. The number of aliphatic hydroxyl groups is 1. The molecule has 2 N–H and O–H groups in total. The van der Waals surface area contributed by atoms with E-state index in [1.54, 1.807) is 18.0 Å². The second kappa shape index (κ2) is 9.38. The van der Waals surface area contributed by atoms with Crippen molar-refractivity contribution >= 4 is 29.3 Å². The van der Waals surface area contributed by atoms with E-state index in [0.29, 0.717) is 25.3 Å². The Kier molecular flexibility index (Phi) is 6.60. The maximum atomic E-state index is 13.9. The van der Waals surface area contributed by atoms with Crippen LogP contribution >= 0.6 is 11.8 Å². The van der Waals surface area contributed by atoms with Gasteiger partial charge in [0.05, 0.1) is 30.0 Å². The number of likely N-dealkylation sites (tertiary alicyclic amines) is 1. The van der Waals surface area contributed by atoms with Crippen molar-refractivity contribution in [3.8, 4) is 0 Å². The molecule has 1 saturated heterocycles. The molecule has 2 aliphatic heterocycles. The van der Waals surface area contributed by atoms with E-state index in [2.05, 4.69) is 10.2 Å². The third-order valence-electron chi connectivity index (χ3n) is 5.81. The molecule has 2 aliphatic rings. The number of carbonyl (C=O) groups excluding carboxylic acids is 2. The molecule has 2 atom stereocenters. The number of anilines is 1. The standard InChI is InChI=1S/C23H26FN3O3S/c1-26(23(30)10-15-5-6-21-19(9-15)25-22(29)14-31-21)20(13-27-8-7-18(28)12-27)16-3-2-4-17(24)11-16/h2-6,9,11,18,20,28H,7-8,10,12-14H2,1H3,(H,25,29)/t18-,20+/m0/s1. The molecule has 0 radical (unpaired) electrons. The summed E-state index contributed by atoms with van der Waals surface area (Å²) < 4.78 is 13.9. The van der Waals surface area contributed by atoms with Gasteiger partial charge in [0, 0.05) is 31.6 Å². The Bertz CT molecular complexity index is 986. The van der Waals surface area contributed by atoms with Crippen LogP contribution in [0.1, 0.15) is 23.6 Å². The molecule has 4 rings (SSSR count). The average molecular weight is 444 g/mol. The summed E-state index contributed by atoms with van der Waals surface area (Å²) in [6.45, 7) is 1.83. The second-order valence-corrected chi connectivity index (χ2v) is 9.14. The summed E-state index contributed by atoms with van der Waals surface area (Å²) in [5.74, 6) is -0.0809. The minimum absolute atomic E-state index is 0.0444. The molecule has 2 amide bonds. The summed E-state index contributed by atoms with van der Waals surface area (Å²) in [6, 6.07) is 11.7. The Morgan fingerprint density at radius 2 is 2.19 bits per heavy atom. The Labute approximate surface area is 185 Å². The third-order valence-corrected chi connectivity index (χ3v) is 6.88. The van der Waals surface area contributed by atoms with Crippen molar-refractivity contribution in [2.45, 2.75) is 29.9 Å². The van der Waals surface area contributed by atoms with Gasteiger partial charge in [-0.3, -0.25) is 14.5 Å². The molecule has 6 nitrogen and oxygen atoms in total. The maximum absolute atomic E-state index is 13.9. The predicted molar refractivity (Wildman–Crippen MR) is 118 cm³/mol. The van der Waals surface area contributed by atoms with Gasteiger partial charge >= 0.3 is 0 Å². The number of amides is 2. The fourth-order valence-electron chi connectivity index (χ4n) is 4.10. The number of aliphatic hydroxyl groups excluding tert-OH is 1. The number of nitrogens with zero attached hydrogens (tertiary/aromatic N) is 2. The van der Waals surface area contributed by atoms with E-state index in [1.807, 2.05) is 24.3 Å². The van der Waals surface area contributed by atoms with Gasteiger partial charge in [-0.05, 0) is 41.8 Å². The molecule has 31 heavy (non-hydrogen) atoms. The van der Waals surface area contributed by atoms with Gasteiger partial charge in [0.25, 0.3) is 0 Å². The topological polar surface area (TPSA) is 72.9 Å². The third kappa shape index (κ3) is 5.26. The van der Waals surface area contributed by atoms with Crippen LogP contribution < -0.4 is 5.32 Å². The summed E-state index contributed by atoms with van der Waals surface area (Å²) in [5.41, 5.74) is 2.28. The first-order chi connectivity index (χ1) is 14.9. The summed E-state index contributed by atoms with van der Waals surface area (Å²) in [7, 11) is 1.74. The molecule has 1 fully saturated rings. The fraction of sp³-hybridized carbons (Fsp3) is 0.391. The first-order valence-corrected chi connectivity index (χ1v) is 11.3. The molecular weight excluding hydrogens is 417 g/mol. The quantitative estimate of drug-likeness (QED) is 0.718. The molecule has 8 heteroatoms. The van der Waals surface area contributed by atoms with E-state index in [0.717, 1.165) is 28.3 Å². The Balaban J connectivity index is 1.51. The highest BCUT2D eigenvalue weighted by atomic mass is 32.2. The molecule has 2 aromatic carbocycles. The van der Waals surface area contributed by atoms with Gasteiger partial charge < -0.3 is 15.3 Å². The van der Waals surface area contributed by atoms with Crippen LogP contribution in [0.2, 0.25) is 0 Å². The van der Waals surface area contributed by atoms with E-state index >= 15 is 0 Å². The van der Waals surface area contributed by atoms with Crippen LogP contribution in [0.3, 0.4) is 0 Å². The average Bonchev–Trinajstić information content (AvgIpc) is 3.16. The lowest BCUT2D eigenvalue weighted by molar-refractivity contribution is -0.131. The van der Waals surface area contributed by atoms with Crippen molar-refractivity contribution in [2.75, 3.05) is 37.8 Å². The van der Waals surface area contributed by atoms with Crippen molar-refractivity contribution in [2.24, 2.45) is 0 Å². The number of rotatable bonds is 6. The van der Waals surface area contributed by atoms with Crippen molar-refractivity contribution in [1.29, 1.82) is 0 Å². The van der Waals surface area contributed by atoms with Gasteiger partial charge in [-0.2, -0.15) is 0 Å². The van der Waals surface area contributed by atoms with Crippen LogP contribution in [0.15, 0.2) is 47.4 Å². The second-order valence-electron chi connectivity index (χ2n) is 8.12. The lowest BCUT2D eigenvalue weighted by Gasteiger charge is -2.32. The number of carbonyl (C=O) groups is 2. The number of nitrogens with one attached hydrogen (secondary N) is 1. The zero-order valence-electron chi connectivity index (χ0n) is 17.4. The van der Waals surface area contributed by atoms with Crippen LogP contribution in [0, 0.1) is 5.82 Å². The molecule has 2 aromatic rings. The van der Waals surface area contributed by atoms with Crippen LogP contribution in [0.4, 0.5) is 10.1 Å². The molecule has 0 unspecified atom stereocenters. The molecule has 2 heterocycles. The van der Waals surface area contributed by atoms with Gasteiger partial charge in [0.1, 0.15) is 5.82 Å². The van der Waals surface area contributed by atoms with E-state index in [4.69, 9.17) is 0 Å². The molecular formula is C23H26FN3O3S. The van der Waals surface area contributed by atoms with Gasteiger partial charge in [-0.1, -0.05) is 18.2 Å². The number of β-amino-alcohol motifs (C(OH)–C–C–N with tert-alkyl or cyclic N) is 1. The maximum Gasteiger partial charge on any atom is 0.234 e. The number of hydrogen-bond acceptors (Lipinski definition) is 5. The van der Waals surface area contributed by atoms with Crippen LogP contribution in [0.5, 0.6) is 0 Å². The van der Waals surface area contributed by atoms with Crippen LogP contribution in [-0.2, 0) is 16.0 Å². The van der Waals surface area contributed by atoms with E-state index in [-0.39, 0.29) is 36.2 Å². The fourth-order valence-corrected chi connectivity index (χ4v) is 4.89. The molecule has 0 saturated carbocycles. The Hall–Kier alpha value is -2.42. The number of fused-ring (bicyclic) bond motifs is 1. The van der Waals surface area contributed by atoms with Crippen molar-refractivity contribution in [3.05, 3.63) is 59.4 Å². The van der Waals surface area contributed by atoms with Gasteiger partial charge in [-0.25, -0.2) is 4.39 Å². The largest absolute Gasteiger partial charge is 0.392 e. The van der Waals surface area contributed by atoms with Gasteiger partial charge in [0.2, 0.25) is 11.8 Å². The highest BCUT2D eigenvalue weighted by Gasteiger charge is 2.28. The van der Waals surface area contributed by atoms with Crippen molar-refractivity contribution in [1.82, 2.24) is 9.80 Å². The van der Waals surface area contributed by atoms with Crippen molar-refractivity contribution < 1.29 is 19.1 Å². The normalized spacial score (nSPS) is 19.6. The number of halogens is 1. The van der Waals surface area contributed by atoms with E-state index < -0.39 is 0 Å². The van der Waals surface area contributed by atoms with Crippen molar-refractivity contribution in [3.63, 3.8) is 0 Å². The number of hydrogen-bond donors (Lipinski definition) is 2. The zero-order chi connectivity index (χ0) is 22.0. The summed E-state index contributed by atoms with van der Waals surface area (Å²) in [6.07, 6.45) is 0.517. The molecule has 0 aliphatic carbocycles. The predicted octanol–water partition coefficient (Wildman–Crippen LogP) is 2.68. The van der Waals surface area contributed by atoms with Crippen LogP contribution in [0.25, 0.3) is 0 Å². The SMILES string of the molecule is CN(C(=O)Cc1ccc2c(c1)NC(=O)CS2)[C@H](CN1CC[C@H](O)C1)c1cccc(F)c1. The minimum atomic E-state index is -0.363. The first-order valence-electron chi connectivity index (χ1n) is 10.4. The van der Waals surface area contributed by atoms with Gasteiger partial charge in [-0.15, -0.1) is 11.8 Å². The number of likely N-dealkylation sites (N-methyl/N-ethyl adjacent to an activating group) is 1. The smallest absolute Gasteiger partial charge is 0.234 e. The molecule has 0 aromatic heterocycles. The molecule has 0 bridgehead atoms. The summed E-state index contributed by atoms with van der Waals surface area (Å²) in [5, 5.41) is 12.7. The van der Waals surface area contributed by atoms with E-state index in [1.165, 1.54) is 23.9 Å². The zero-order valence-corrected chi connectivity index (χ0v) is 18.2. The molecule has 0 spiro atoms. The van der Waals surface area contributed by atoms with E-state index in [9.17, 15) is 19.1 Å². The van der Waals surface area contributed by atoms with Crippen LogP contribution in [-0.4, -0.2) is 65.3 Å². The number of benzene rings is 2. The minimum Gasteiger partial charge on any atom is -0.392 e. The molecule has 164 valence electrons. The Morgan fingerprint density at radius 1 is 1.35 bits per heavy atom. The lowest BCUT2D eigenvalue weighted by atomic mass is 10.0. The summed E-state index contributed by atoms with van der Waals surface area (Å²) in [4.78, 5) is 29.6. The monoisotopic (exact) mass is 443 g/mol. The number of thioether (sulfide) groups is 1. The first kappa shape index (κ1) is 21.8. The lowest BCUT2D eigenvalue weighted by Crippen LogP contribution is -2.39.